The Bertz CT molecular complexity index is 371. The lowest BCUT2D eigenvalue weighted by molar-refractivity contribution is -0.140. The van der Waals surface area contributed by atoms with Crippen molar-refractivity contribution in [2.45, 2.75) is 51.4 Å². The van der Waals surface area contributed by atoms with E-state index in [0.717, 1.165) is 38.5 Å². The largest absolute Gasteiger partial charge is 0.469 e. The molecule has 4 nitrogen and oxygen atoms in total. The second-order valence-electron chi connectivity index (χ2n) is 4.70. The van der Waals surface area contributed by atoms with Gasteiger partial charge in [0, 0.05) is 19.0 Å². The summed E-state index contributed by atoms with van der Waals surface area (Å²) in [4.78, 5) is 25.5. The van der Waals surface area contributed by atoms with Gasteiger partial charge < -0.3 is 9.72 Å². The first-order chi connectivity index (χ1) is 9.24. The molecule has 0 saturated carbocycles. The summed E-state index contributed by atoms with van der Waals surface area (Å²) in [6.45, 7) is 0. The first-order valence-electron chi connectivity index (χ1n) is 6.97. The quantitative estimate of drug-likeness (QED) is 0.400. The van der Waals surface area contributed by atoms with Gasteiger partial charge in [-0.15, -0.1) is 0 Å². The molecule has 0 radical (unpaired) electrons. The Kier molecular flexibility index (Phi) is 7.63. The minimum atomic E-state index is -0.128. The second-order valence-corrected chi connectivity index (χ2v) is 4.70. The number of ether oxygens (including phenoxy) is 1. The fourth-order valence-electron chi connectivity index (χ4n) is 2.00. The fourth-order valence-corrected chi connectivity index (χ4v) is 2.00. The zero-order valence-corrected chi connectivity index (χ0v) is 11.6. The van der Waals surface area contributed by atoms with Gasteiger partial charge in [-0.05, 0) is 25.0 Å². The van der Waals surface area contributed by atoms with Crippen LogP contribution in [0.2, 0.25) is 0 Å². The van der Waals surface area contributed by atoms with Crippen molar-refractivity contribution in [2.24, 2.45) is 0 Å². The molecule has 0 unspecified atom stereocenters. The molecule has 0 aliphatic rings. The van der Waals surface area contributed by atoms with Crippen LogP contribution in [0.5, 0.6) is 0 Å². The van der Waals surface area contributed by atoms with Crippen molar-refractivity contribution < 1.29 is 14.3 Å². The summed E-state index contributed by atoms with van der Waals surface area (Å²) in [5.41, 5.74) is 0.707. The number of rotatable bonds is 10. The lowest BCUT2D eigenvalue weighted by Gasteiger charge is -2.01. The molecule has 106 valence electrons. The van der Waals surface area contributed by atoms with Gasteiger partial charge in [-0.3, -0.25) is 9.59 Å². The van der Waals surface area contributed by atoms with Gasteiger partial charge in [0.2, 0.25) is 0 Å². The van der Waals surface area contributed by atoms with Crippen molar-refractivity contribution in [3.05, 3.63) is 24.0 Å². The fraction of sp³-hybridized carbons (Fsp3) is 0.600. The van der Waals surface area contributed by atoms with E-state index in [0.29, 0.717) is 18.5 Å². The maximum absolute atomic E-state index is 11.7. The molecule has 4 heteroatoms. The molecule has 0 atom stereocenters. The second kappa shape index (κ2) is 9.36. The third-order valence-corrected chi connectivity index (χ3v) is 3.16. The summed E-state index contributed by atoms with van der Waals surface area (Å²) in [6, 6.07) is 3.66. The number of Topliss-reactive ketones (excluding diaryl/α,β-unsaturated/α-hetero) is 1. The predicted octanol–water partition coefficient (Wildman–Crippen LogP) is 3.49. The molecule has 0 saturated heterocycles. The Labute approximate surface area is 114 Å². The number of H-pyrrole nitrogens is 1. The highest BCUT2D eigenvalue weighted by atomic mass is 16.5. The van der Waals surface area contributed by atoms with Gasteiger partial charge in [0.05, 0.1) is 12.8 Å². The molecule has 1 aromatic rings. The Morgan fingerprint density at radius 2 is 1.68 bits per heavy atom. The molecule has 0 amide bonds. The number of aromatic amines is 1. The van der Waals surface area contributed by atoms with Crippen molar-refractivity contribution in [3.63, 3.8) is 0 Å². The lowest BCUT2D eigenvalue weighted by Crippen LogP contribution is -1.99. The van der Waals surface area contributed by atoms with E-state index in [1.165, 1.54) is 7.11 Å². The third kappa shape index (κ3) is 6.79. The van der Waals surface area contributed by atoms with E-state index in [4.69, 9.17) is 0 Å². The van der Waals surface area contributed by atoms with Crippen LogP contribution >= 0.6 is 0 Å². The Balaban J connectivity index is 1.91. The predicted molar refractivity (Wildman–Crippen MR) is 74.1 cm³/mol. The van der Waals surface area contributed by atoms with E-state index >= 15 is 0 Å². The van der Waals surface area contributed by atoms with Crippen LogP contribution < -0.4 is 0 Å². The maximum atomic E-state index is 11.7. The molecule has 1 aromatic heterocycles. The highest BCUT2D eigenvalue weighted by Gasteiger charge is 2.05. The molecular weight excluding hydrogens is 242 g/mol. The minimum Gasteiger partial charge on any atom is -0.469 e. The Hall–Kier alpha value is -1.58. The molecular formula is C15H23NO3. The van der Waals surface area contributed by atoms with Gasteiger partial charge in [-0.25, -0.2) is 0 Å². The van der Waals surface area contributed by atoms with Crippen molar-refractivity contribution in [1.29, 1.82) is 0 Å². The molecule has 0 spiro atoms. The van der Waals surface area contributed by atoms with Crippen LogP contribution in [0.4, 0.5) is 0 Å². The number of unbranched alkanes of at least 4 members (excludes halogenated alkanes) is 5. The smallest absolute Gasteiger partial charge is 0.305 e. The normalized spacial score (nSPS) is 10.4. The minimum absolute atomic E-state index is 0.128. The van der Waals surface area contributed by atoms with E-state index < -0.39 is 0 Å². The number of aromatic nitrogens is 1. The first kappa shape index (κ1) is 15.5. The Morgan fingerprint density at radius 3 is 2.26 bits per heavy atom. The third-order valence-electron chi connectivity index (χ3n) is 3.16. The van der Waals surface area contributed by atoms with E-state index in [2.05, 4.69) is 9.72 Å². The number of ketones is 1. The number of nitrogens with one attached hydrogen (secondary N) is 1. The molecule has 0 bridgehead atoms. The van der Waals surface area contributed by atoms with Gasteiger partial charge in [0.1, 0.15) is 0 Å². The van der Waals surface area contributed by atoms with Crippen molar-refractivity contribution >= 4 is 11.8 Å². The van der Waals surface area contributed by atoms with E-state index in [-0.39, 0.29) is 11.8 Å². The maximum Gasteiger partial charge on any atom is 0.305 e. The number of hydrogen-bond acceptors (Lipinski definition) is 3. The SMILES string of the molecule is COC(=O)CCCCCCCCC(=O)c1ccc[nH]1. The van der Waals surface area contributed by atoms with E-state index in [9.17, 15) is 9.59 Å². The van der Waals surface area contributed by atoms with Crippen LogP contribution in [0, 0.1) is 0 Å². The average molecular weight is 265 g/mol. The van der Waals surface area contributed by atoms with Crippen molar-refractivity contribution in [2.75, 3.05) is 7.11 Å². The summed E-state index contributed by atoms with van der Waals surface area (Å²) in [7, 11) is 1.42. The van der Waals surface area contributed by atoms with Gasteiger partial charge >= 0.3 is 5.97 Å². The van der Waals surface area contributed by atoms with Crippen molar-refractivity contribution in [1.82, 2.24) is 4.98 Å². The zero-order chi connectivity index (χ0) is 13.9. The van der Waals surface area contributed by atoms with Crippen LogP contribution in [0.1, 0.15) is 61.9 Å². The molecule has 0 aromatic carbocycles. The van der Waals surface area contributed by atoms with Crippen molar-refractivity contribution in [3.8, 4) is 0 Å². The van der Waals surface area contributed by atoms with Crippen LogP contribution in [-0.4, -0.2) is 23.8 Å². The van der Waals surface area contributed by atoms with Crippen LogP contribution in [0.15, 0.2) is 18.3 Å². The van der Waals surface area contributed by atoms with Gasteiger partial charge in [-0.1, -0.05) is 25.7 Å². The highest BCUT2D eigenvalue weighted by molar-refractivity contribution is 5.94. The first-order valence-corrected chi connectivity index (χ1v) is 6.97. The molecule has 0 fully saturated rings. The molecule has 19 heavy (non-hydrogen) atoms. The average Bonchev–Trinajstić information content (AvgIpc) is 2.95. The molecule has 1 rings (SSSR count). The standard InChI is InChI=1S/C15H23NO3/c1-19-15(18)11-7-5-3-2-4-6-10-14(17)13-9-8-12-16-13/h8-9,12,16H,2-7,10-11H2,1H3. The zero-order valence-electron chi connectivity index (χ0n) is 11.6. The highest BCUT2D eigenvalue weighted by Crippen LogP contribution is 2.11. The number of carbonyl (C=O) groups is 2. The molecule has 0 aliphatic heterocycles. The number of methoxy groups -OCH3 is 1. The topological polar surface area (TPSA) is 59.2 Å². The summed E-state index contributed by atoms with van der Waals surface area (Å²) >= 11 is 0. The molecule has 1 N–H and O–H groups in total. The van der Waals surface area contributed by atoms with Crippen LogP contribution in [0.25, 0.3) is 0 Å². The Morgan fingerprint density at radius 1 is 1.05 bits per heavy atom. The summed E-state index contributed by atoms with van der Waals surface area (Å²) in [6.07, 6.45) is 9.11. The number of esters is 1. The van der Waals surface area contributed by atoms with E-state index in [1.54, 1.807) is 6.20 Å². The number of hydrogen-bond donors (Lipinski definition) is 1. The van der Waals surface area contributed by atoms with Gasteiger partial charge in [0.25, 0.3) is 0 Å². The summed E-state index contributed by atoms with van der Waals surface area (Å²) in [5.74, 6) is 0.0623. The van der Waals surface area contributed by atoms with Gasteiger partial charge in [-0.2, -0.15) is 0 Å². The van der Waals surface area contributed by atoms with E-state index in [1.807, 2.05) is 12.1 Å². The van der Waals surface area contributed by atoms with Crippen LogP contribution in [-0.2, 0) is 9.53 Å². The van der Waals surface area contributed by atoms with Gasteiger partial charge in [0.15, 0.2) is 5.78 Å². The summed E-state index contributed by atoms with van der Waals surface area (Å²) in [5, 5.41) is 0. The van der Waals surface area contributed by atoms with Crippen LogP contribution in [0.3, 0.4) is 0 Å². The summed E-state index contributed by atoms with van der Waals surface area (Å²) < 4.78 is 4.58. The molecule has 0 aliphatic carbocycles. The monoisotopic (exact) mass is 265 g/mol. The lowest BCUT2D eigenvalue weighted by atomic mass is 10.1. The number of carbonyl (C=O) groups excluding carboxylic acids is 2. The molecule has 1 heterocycles.